The maximum Gasteiger partial charge on any atom is 0.0340 e. The topological polar surface area (TPSA) is 0 Å². The van der Waals surface area contributed by atoms with Gasteiger partial charge in [0, 0.05) is 5.92 Å². The first-order valence-corrected chi connectivity index (χ1v) is 10.6. The Morgan fingerprint density at radius 2 is 1.17 bits per heavy atom. The Kier molecular flexibility index (Phi) is 5.53. The number of aryl methyl sites for hydroxylation is 4. The van der Waals surface area contributed by atoms with Gasteiger partial charge in [0.25, 0.3) is 0 Å². The second-order valence-corrected chi connectivity index (χ2v) is 8.56. The molecule has 4 rings (SSSR count). The Morgan fingerprint density at radius 1 is 0.655 bits per heavy atom. The molecular formula is C29H30. The van der Waals surface area contributed by atoms with Gasteiger partial charge in [0.2, 0.25) is 0 Å². The number of hydrogen-bond acceptors (Lipinski definition) is 0. The lowest BCUT2D eigenvalue weighted by Crippen LogP contribution is -2.09. The molecule has 0 radical (unpaired) electrons. The zero-order chi connectivity index (χ0) is 20.4. The predicted molar refractivity (Wildman–Crippen MR) is 125 cm³/mol. The molecule has 29 heavy (non-hydrogen) atoms. The van der Waals surface area contributed by atoms with Crippen molar-refractivity contribution in [2.45, 2.75) is 46.5 Å². The highest BCUT2D eigenvalue weighted by molar-refractivity contribution is 5.54. The molecule has 0 N–H and O–H groups in total. The van der Waals surface area contributed by atoms with E-state index in [1.165, 1.54) is 50.1 Å². The first kappa shape index (κ1) is 19.5. The van der Waals surface area contributed by atoms with Crippen LogP contribution in [0.4, 0.5) is 0 Å². The summed E-state index contributed by atoms with van der Waals surface area (Å²) in [6.45, 7) is 8.83. The van der Waals surface area contributed by atoms with Gasteiger partial charge in [-0.05, 0) is 68.4 Å². The molecule has 1 aliphatic rings. The van der Waals surface area contributed by atoms with Crippen molar-refractivity contribution >= 4 is 0 Å². The maximum atomic E-state index is 2.44. The van der Waals surface area contributed by atoms with Gasteiger partial charge in [-0.25, -0.2) is 0 Å². The second-order valence-electron chi connectivity index (χ2n) is 8.56. The smallest absolute Gasteiger partial charge is 0.0340 e. The van der Waals surface area contributed by atoms with Crippen molar-refractivity contribution in [2.24, 2.45) is 0 Å². The molecule has 0 aromatic heterocycles. The minimum atomic E-state index is 0.282. The van der Waals surface area contributed by atoms with Crippen molar-refractivity contribution in [2.75, 3.05) is 0 Å². The van der Waals surface area contributed by atoms with Crippen LogP contribution in [0.25, 0.3) is 0 Å². The Morgan fingerprint density at radius 3 is 1.69 bits per heavy atom. The summed E-state index contributed by atoms with van der Waals surface area (Å²) in [5.41, 5.74) is 12.5. The van der Waals surface area contributed by atoms with Crippen molar-refractivity contribution in [1.82, 2.24) is 0 Å². The van der Waals surface area contributed by atoms with Crippen LogP contribution in [0.2, 0.25) is 0 Å². The van der Waals surface area contributed by atoms with E-state index in [-0.39, 0.29) is 5.92 Å². The highest BCUT2D eigenvalue weighted by Gasteiger charge is 2.25. The Labute approximate surface area is 175 Å². The number of rotatable bonds is 5. The van der Waals surface area contributed by atoms with Crippen LogP contribution >= 0.6 is 0 Å². The van der Waals surface area contributed by atoms with Crippen LogP contribution in [0.5, 0.6) is 0 Å². The minimum absolute atomic E-state index is 0.282. The third-order valence-electron chi connectivity index (χ3n) is 5.78. The summed E-state index contributed by atoms with van der Waals surface area (Å²) >= 11 is 0. The average molecular weight is 379 g/mol. The van der Waals surface area contributed by atoms with E-state index in [2.05, 4.69) is 107 Å². The summed E-state index contributed by atoms with van der Waals surface area (Å²) in [6, 6.07) is 24.9. The highest BCUT2D eigenvalue weighted by Crippen LogP contribution is 2.41. The van der Waals surface area contributed by atoms with Crippen molar-refractivity contribution < 1.29 is 0 Å². The van der Waals surface area contributed by atoms with Gasteiger partial charge in [-0.2, -0.15) is 0 Å². The van der Waals surface area contributed by atoms with Gasteiger partial charge in [0.05, 0.1) is 0 Å². The van der Waals surface area contributed by atoms with E-state index in [1.54, 1.807) is 0 Å². The van der Waals surface area contributed by atoms with Crippen molar-refractivity contribution in [1.29, 1.82) is 0 Å². The largest absolute Gasteiger partial charge is 0.0769 e. The van der Waals surface area contributed by atoms with Crippen molar-refractivity contribution in [3.8, 4) is 0 Å². The molecule has 0 atom stereocenters. The van der Waals surface area contributed by atoms with Crippen LogP contribution in [0.15, 0.2) is 90.0 Å². The lowest BCUT2D eigenvalue weighted by Gasteiger charge is -2.24. The summed E-state index contributed by atoms with van der Waals surface area (Å²) in [4.78, 5) is 0. The summed E-state index contributed by atoms with van der Waals surface area (Å²) in [7, 11) is 0. The van der Waals surface area contributed by atoms with Crippen LogP contribution < -0.4 is 0 Å². The van der Waals surface area contributed by atoms with Gasteiger partial charge >= 0.3 is 0 Å². The van der Waals surface area contributed by atoms with Crippen LogP contribution in [-0.2, 0) is 6.42 Å². The van der Waals surface area contributed by atoms with Crippen LogP contribution in [0.3, 0.4) is 0 Å². The molecular weight excluding hydrogens is 348 g/mol. The van der Waals surface area contributed by atoms with Crippen LogP contribution in [-0.4, -0.2) is 0 Å². The summed E-state index contributed by atoms with van der Waals surface area (Å²) in [6.07, 6.45) is 6.89. The third-order valence-corrected chi connectivity index (χ3v) is 5.78. The average Bonchev–Trinajstić information content (AvgIpc) is 3.09. The molecule has 3 aromatic rings. The quantitative estimate of drug-likeness (QED) is 0.430. The van der Waals surface area contributed by atoms with Crippen molar-refractivity contribution in [3.63, 3.8) is 0 Å². The molecule has 1 aliphatic carbocycles. The monoisotopic (exact) mass is 378 g/mol. The van der Waals surface area contributed by atoms with E-state index in [4.69, 9.17) is 0 Å². The summed E-state index contributed by atoms with van der Waals surface area (Å²) in [5, 5.41) is 0. The van der Waals surface area contributed by atoms with E-state index >= 15 is 0 Å². The Bertz CT molecular complexity index is 988. The van der Waals surface area contributed by atoms with Gasteiger partial charge in [-0.1, -0.05) is 101 Å². The fourth-order valence-electron chi connectivity index (χ4n) is 4.78. The van der Waals surface area contributed by atoms with E-state index in [0.717, 1.165) is 12.8 Å². The molecule has 0 saturated heterocycles. The molecule has 0 fully saturated rings. The molecule has 3 aromatic carbocycles. The van der Waals surface area contributed by atoms with Gasteiger partial charge in [0.15, 0.2) is 0 Å². The molecule has 0 bridgehead atoms. The van der Waals surface area contributed by atoms with Gasteiger partial charge in [0.1, 0.15) is 0 Å². The summed E-state index contributed by atoms with van der Waals surface area (Å²) < 4.78 is 0. The first-order valence-electron chi connectivity index (χ1n) is 10.6. The normalized spacial score (nSPS) is 13.6. The van der Waals surface area contributed by atoms with Gasteiger partial charge in [-0.15, -0.1) is 0 Å². The number of allylic oxidation sites excluding steroid dienone is 4. The van der Waals surface area contributed by atoms with E-state index < -0.39 is 0 Å². The standard InChI is InChI=1S/C29H30/c1-20-13-21(2)16-26(15-20)29(27-17-22(3)14-23(4)18-27)28-12-8-11-25(28)19-24-9-6-5-7-10-24/h5-7,9-18,29H,8,19H2,1-4H3. The lowest BCUT2D eigenvalue weighted by atomic mass is 9.79. The third kappa shape index (κ3) is 4.43. The molecule has 0 aliphatic heterocycles. The number of benzene rings is 3. The highest BCUT2D eigenvalue weighted by atomic mass is 14.3. The second kappa shape index (κ2) is 8.25. The van der Waals surface area contributed by atoms with E-state index in [1.807, 2.05) is 0 Å². The molecule has 0 saturated carbocycles. The minimum Gasteiger partial charge on any atom is -0.0769 e. The SMILES string of the molecule is Cc1cc(C)cc(C(C2=CCC=C2Cc2ccccc2)c2cc(C)cc(C)c2)c1. The fraction of sp³-hybridized carbons (Fsp3) is 0.241. The predicted octanol–water partition coefficient (Wildman–Crippen LogP) is 7.55. The molecule has 0 heterocycles. The molecule has 146 valence electrons. The zero-order valence-corrected chi connectivity index (χ0v) is 18.0. The maximum absolute atomic E-state index is 2.44. The van der Waals surface area contributed by atoms with E-state index in [0.29, 0.717) is 0 Å². The molecule has 0 amide bonds. The van der Waals surface area contributed by atoms with E-state index in [9.17, 15) is 0 Å². The Hall–Kier alpha value is -2.86. The Balaban J connectivity index is 1.81. The summed E-state index contributed by atoms with van der Waals surface area (Å²) in [5.74, 6) is 0.282. The molecule has 0 spiro atoms. The molecule has 0 nitrogen and oxygen atoms in total. The van der Waals surface area contributed by atoms with Crippen LogP contribution in [0.1, 0.15) is 51.3 Å². The zero-order valence-electron chi connectivity index (χ0n) is 18.0. The lowest BCUT2D eigenvalue weighted by molar-refractivity contribution is 0.931. The molecule has 0 unspecified atom stereocenters. The first-order chi connectivity index (χ1) is 14.0. The van der Waals surface area contributed by atoms with Gasteiger partial charge in [-0.3, -0.25) is 0 Å². The number of hydrogen-bond donors (Lipinski definition) is 0. The van der Waals surface area contributed by atoms with Crippen molar-refractivity contribution in [3.05, 3.63) is 129 Å². The van der Waals surface area contributed by atoms with Gasteiger partial charge < -0.3 is 0 Å². The van der Waals surface area contributed by atoms with Crippen LogP contribution in [0, 0.1) is 27.7 Å². The fourth-order valence-corrected chi connectivity index (χ4v) is 4.78. The molecule has 0 heteroatoms.